The summed E-state index contributed by atoms with van der Waals surface area (Å²) in [6, 6.07) is 15.4. The highest BCUT2D eigenvalue weighted by Gasteiger charge is 2.37. The molecule has 1 aliphatic carbocycles. The van der Waals surface area contributed by atoms with Crippen LogP contribution in [-0.4, -0.2) is 35.8 Å². The number of nitrogens with zero attached hydrogens (tertiary/aromatic N) is 1. The van der Waals surface area contributed by atoms with Gasteiger partial charge in [0.2, 0.25) is 5.91 Å². The van der Waals surface area contributed by atoms with E-state index < -0.39 is 11.9 Å². The van der Waals surface area contributed by atoms with Crippen molar-refractivity contribution in [1.82, 2.24) is 20.9 Å². The predicted molar refractivity (Wildman–Crippen MR) is 125 cm³/mol. The fourth-order valence-electron chi connectivity index (χ4n) is 3.45. The van der Waals surface area contributed by atoms with E-state index in [9.17, 15) is 14.4 Å². The monoisotopic (exact) mass is 510 g/mol. The fraction of sp³-hybridized carbons (Fsp3) is 0.250. The van der Waals surface area contributed by atoms with Crippen LogP contribution in [0.2, 0.25) is 0 Å². The van der Waals surface area contributed by atoms with Gasteiger partial charge in [0.05, 0.1) is 0 Å². The van der Waals surface area contributed by atoms with Gasteiger partial charge in [-0.2, -0.15) is 0 Å². The highest BCUT2D eigenvalue weighted by atomic mass is 79.9. The van der Waals surface area contributed by atoms with Crippen molar-refractivity contribution < 1.29 is 18.8 Å². The Morgan fingerprint density at radius 1 is 1.09 bits per heavy atom. The molecule has 0 saturated heterocycles. The van der Waals surface area contributed by atoms with Crippen molar-refractivity contribution in [2.45, 2.75) is 25.4 Å². The van der Waals surface area contributed by atoms with Gasteiger partial charge in [-0.1, -0.05) is 24.3 Å². The summed E-state index contributed by atoms with van der Waals surface area (Å²) in [6.45, 7) is 0.310. The van der Waals surface area contributed by atoms with E-state index >= 15 is 0 Å². The van der Waals surface area contributed by atoms with Crippen molar-refractivity contribution in [2.24, 2.45) is 5.92 Å². The van der Waals surface area contributed by atoms with Crippen molar-refractivity contribution in [3.8, 4) is 11.3 Å². The Hall–Kier alpha value is -3.46. The molecular weight excluding hydrogens is 488 g/mol. The van der Waals surface area contributed by atoms with Gasteiger partial charge in [-0.15, -0.1) is 0 Å². The Labute approximate surface area is 199 Å². The van der Waals surface area contributed by atoms with Gasteiger partial charge in [0.1, 0.15) is 22.1 Å². The van der Waals surface area contributed by atoms with E-state index in [1.165, 1.54) is 0 Å². The second-order valence-electron chi connectivity index (χ2n) is 7.80. The van der Waals surface area contributed by atoms with Crippen LogP contribution in [0, 0.1) is 5.92 Å². The van der Waals surface area contributed by atoms with Gasteiger partial charge in [-0.3, -0.25) is 14.4 Å². The molecular formula is C24H23BrN4O4. The van der Waals surface area contributed by atoms with Gasteiger partial charge in [-0.25, -0.2) is 4.98 Å². The Balaban J connectivity index is 1.41. The molecule has 33 heavy (non-hydrogen) atoms. The number of aromatic nitrogens is 1. The number of rotatable bonds is 8. The molecule has 4 rings (SSSR count). The summed E-state index contributed by atoms with van der Waals surface area (Å²) in [6.07, 6.45) is 1.84. The summed E-state index contributed by atoms with van der Waals surface area (Å²) in [5, 5.41) is 8.21. The Bertz CT molecular complexity index is 1190. The molecule has 1 saturated carbocycles. The minimum absolute atomic E-state index is 0.138. The van der Waals surface area contributed by atoms with E-state index in [0.29, 0.717) is 22.6 Å². The van der Waals surface area contributed by atoms with Crippen LogP contribution in [0.15, 0.2) is 63.6 Å². The number of carbonyl (C=O) groups is 3. The number of nitrogens with one attached hydrogen (secondary N) is 3. The molecule has 1 fully saturated rings. The lowest BCUT2D eigenvalue weighted by molar-refractivity contribution is -0.122. The molecule has 0 bridgehead atoms. The maximum absolute atomic E-state index is 12.6. The van der Waals surface area contributed by atoms with E-state index in [2.05, 4.69) is 36.9 Å². The standard InChI is InChI=1S/C24H23BrN4O4/c1-26-24(32)21(15-8-9-15)29-23(31)19-11-10-18(33-19)16-5-2-4-14(12-16)13-27-22(30)17-6-3-7-20(25)28-17/h2-7,10-12,15,21H,8-9,13H2,1H3,(H,26,32)(H,27,30)(H,29,31). The molecule has 1 unspecified atom stereocenters. The lowest BCUT2D eigenvalue weighted by Crippen LogP contribution is -2.47. The zero-order valence-electron chi connectivity index (χ0n) is 17.9. The third-order valence-electron chi connectivity index (χ3n) is 5.35. The quantitative estimate of drug-likeness (QED) is 0.402. The van der Waals surface area contributed by atoms with Crippen LogP contribution in [-0.2, 0) is 11.3 Å². The van der Waals surface area contributed by atoms with Crippen molar-refractivity contribution >= 4 is 33.7 Å². The Morgan fingerprint density at radius 3 is 2.61 bits per heavy atom. The normalized spacial score (nSPS) is 13.8. The molecule has 0 spiro atoms. The lowest BCUT2D eigenvalue weighted by Gasteiger charge is -2.15. The molecule has 1 aliphatic rings. The van der Waals surface area contributed by atoms with Crippen LogP contribution in [0.25, 0.3) is 11.3 Å². The number of carbonyl (C=O) groups excluding carboxylic acids is 3. The second kappa shape index (κ2) is 9.99. The summed E-state index contributed by atoms with van der Waals surface area (Å²) in [7, 11) is 1.56. The first-order valence-electron chi connectivity index (χ1n) is 10.6. The summed E-state index contributed by atoms with van der Waals surface area (Å²) < 4.78 is 6.35. The average Bonchev–Trinajstić information content (AvgIpc) is 3.55. The third kappa shape index (κ3) is 5.67. The number of pyridine rings is 1. The zero-order valence-corrected chi connectivity index (χ0v) is 19.5. The molecule has 2 aromatic heterocycles. The number of benzene rings is 1. The topological polar surface area (TPSA) is 113 Å². The minimum atomic E-state index is -0.553. The van der Waals surface area contributed by atoms with E-state index in [1.54, 1.807) is 37.4 Å². The van der Waals surface area contributed by atoms with Crippen molar-refractivity contribution in [3.63, 3.8) is 0 Å². The molecule has 8 nitrogen and oxygen atoms in total. The third-order valence-corrected chi connectivity index (χ3v) is 5.79. The van der Waals surface area contributed by atoms with Crippen LogP contribution in [0.5, 0.6) is 0 Å². The smallest absolute Gasteiger partial charge is 0.287 e. The summed E-state index contributed by atoms with van der Waals surface area (Å²) in [5.74, 6) is -0.0802. The number of furan rings is 1. The van der Waals surface area contributed by atoms with Crippen LogP contribution in [0.4, 0.5) is 0 Å². The molecule has 3 aromatic rings. The number of hydrogen-bond donors (Lipinski definition) is 3. The zero-order chi connectivity index (χ0) is 23.4. The summed E-state index contributed by atoms with van der Waals surface area (Å²) >= 11 is 3.26. The first-order valence-corrected chi connectivity index (χ1v) is 11.4. The number of hydrogen-bond acceptors (Lipinski definition) is 5. The van der Waals surface area contributed by atoms with E-state index in [1.807, 2.05) is 24.3 Å². The molecule has 3 N–H and O–H groups in total. The van der Waals surface area contributed by atoms with Crippen LogP contribution in [0.1, 0.15) is 39.4 Å². The molecule has 3 amide bonds. The number of halogens is 1. The van der Waals surface area contributed by atoms with Crippen molar-refractivity contribution in [2.75, 3.05) is 7.05 Å². The maximum Gasteiger partial charge on any atom is 0.287 e. The van der Waals surface area contributed by atoms with Crippen molar-refractivity contribution in [3.05, 3.63) is 76.2 Å². The molecule has 9 heteroatoms. The first kappa shape index (κ1) is 22.7. The van der Waals surface area contributed by atoms with Gasteiger partial charge < -0.3 is 20.4 Å². The maximum atomic E-state index is 12.6. The van der Waals surface area contributed by atoms with Crippen LogP contribution >= 0.6 is 15.9 Å². The van der Waals surface area contributed by atoms with Gasteiger partial charge in [0.25, 0.3) is 11.8 Å². The lowest BCUT2D eigenvalue weighted by atomic mass is 10.1. The summed E-state index contributed by atoms with van der Waals surface area (Å²) in [4.78, 5) is 41.1. The Kier molecular flexibility index (Phi) is 6.88. The van der Waals surface area contributed by atoms with Gasteiger partial charge >= 0.3 is 0 Å². The highest BCUT2D eigenvalue weighted by Crippen LogP contribution is 2.33. The predicted octanol–water partition coefficient (Wildman–Crippen LogP) is 3.29. The second-order valence-corrected chi connectivity index (χ2v) is 8.61. The van der Waals surface area contributed by atoms with Gasteiger partial charge in [-0.05, 0) is 70.6 Å². The molecule has 0 aliphatic heterocycles. The van der Waals surface area contributed by atoms with E-state index in [0.717, 1.165) is 24.0 Å². The molecule has 0 radical (unpaired) electrons. The highest BCUT2D eigenvalue weighted by molar-refractivity contribution is 9.10. The van der Waals surface area contributed by atoms with Gasteiger partial charge in [0.15, 0.2) is 5.76 Å². The van der Waals surface area contributed by atoms with Crippen LogP contribution < -0.4 is 16.0 Å². The molecule has 1 aromatic carbocycles. The summed E-state index contributed by atoms with van der Waals surface area (Å²) in [5.41, 5.74) is 1.96. The number of amides is 3. The molecule has 170 valence electrons. The van der Waals surface area contributed by atoms with Crippen molar-refractivity contribution in [1.29, 1.82) is 0 Å². The van der Waals surface area contributed by atoms with Crippen LogP contribution in [0.3, 0.4) is 0 Å². The van der Waals surface area contributed by atoms with Gasteiger partial charge in [0, 0.05) is 19.2 Å². The first-order chi connectivity index (χ1) is 15.9. The van der Waals surface area contributed by atoms with E-state index in [4.69, 9.17) is 4.42 Å². The average molecular weight is 511 g/mol. The number of likely N-dealkylation sites (N-methyl/N-ethyl adjacent to an activating group) is 1. The molecule has 2 heterocycles. The largest absolute Gasteiger partial charge is 0.451 e. The molecule has 1 atom stereocenters. The fourth-order valence-corrected chi connectivity index (χ4v) is 3.80. The minimum Gasteiger partial charge on any atom is -0.451 e. The SMILES string of the molecule is CNC(=O)C(NC(=O)c1ccc(-c2cccc(CNC(=O)c3cccc(Br)n3)c2)o1)C1CC1. The van der Waals surface area contributed by atoms with E-state index in [-0.39, 0.29) is 23.5 Å². The Morgan fingerprint density at radius 2 is 1.88 bits per heavy atom.